The topological polar surface area (TPSA) is 73.0 Å². The highest BCUT2D eigenvalue weighted by atomic mass is 19.4. The summed E-state index contributed by atoms with van der Waals surface area (Å²) in [5.41, 5.74) is 1.15. The molecule has 2 aromatic rings. The first-order valence-electron chi connectivity index (χ1n) is 7.20. The zero-order valence-corrected chi connectivity index (χ0v) is 12.4. The summed E-state index contributed by atoms with van der Waals surface area (Å²) in [5, 5.41) is 9.88. The third kappa shape index (κ3) is 3.54. The summed E-state index contributed by atoms with van der Waals surface area (Å²) in [6.45, 7) is 0.874. The molecule has 9 heteroatoms. The fourth-order valence-corrected chi connectivity index (χ4v) is 2.65. The molecule has 0 aromatic carbocycles. The minimum atomic E-state index is -4.37. The van der Waals surface area contributed by atoms with E-state index < -0.39 is 18.6 Å². The number of anilines is 1. The van der Waals surface area contributed by atoms with Crippen LogP contribution in [-0.4, -0.2) is 27.0 Å². The van der Waals surface area contributed by atoms with Crippen LogP contribution in [0.25, 0.3) is 0 Å². The molecule has 0 aliphatic heterocycles. The van der Waals surface area contributed by atoms with Crippen molar-refractivity contribution in [2.45, 2.75) is 38.9 Å². The average molecular weight is 328 g/mol. The molecule has 6 nitrogen and oxygen atoms in total. The van der Waals surface area contributed by atoms with Gasteiger partial charge in [0.2, 0.25) is 0 Å². The van der Waals surface area contributed by atoms with Gasteiger partial charge in [0.25, 0.3) is 5.91 Å². The van der Waals surface area contributed by atoms with Gasteiger partial charge >= 0.3 is 6.18 Å². The van der Waals surface area contributed by atoms with Crippen LogP contribution in [0.4, 0.5) is 18.9 Å². The Morgan fingerprint density at radius 2 is 2.30 bits per heavy atom. The fourth-order valence-electron chi connectivity index (χ4n) is 2.65. The van der Waals surface area contributed by atoms with Gasteiger partial charge in [0.15, 0.2) is 5.69 Å². The fraction of sp³-hybridized carbons (Fsp3) is 0.500. The molecular formula is C14H15F3N4O2. The number of aromatic nitrogens is 3. The summed E-state index contributed by atoms with van der Waals surface area (Å²) >= 11 is 0. The summed E-state index contributed by atoms with van der Waals surface area (Å²) in [5.74, 6) is 0.639. The predicted octanol–water partition coefficient (Wildman–Crippen LogP) is 2.81. The first-order chi connectivity index (χ1) is 10.8. The quantitative estimate of drug-likeness (QED) is 0.940. The molecule has 2 heterocycles. The molecule has 1 aliphatic carbocycles. The number of nitrogens with zero attached hydrogens (tertiary/aromatic N) is 3. The average Bonchev–Trinajstić information content (AvgIpc) is 3.03. The lowest BCUT2D eigenvalue weighted by molar-refractivity contribution is -0.142. The molecule has 124 valence electrons. The van der Waals surface area contributed by atoms with Crippen LogP contribution in [0.15, 0.2) is 16.9 Å². The van der Waals surface area contributed by atoms with Crippen molar-refractivity contribution in [1.29, 1.82) is 0 Å². The highest BCUT2D eigenvalue weighted by Gasteiger charge is 2.29. The standard InChI is InChI=1S/C14H15F3N4O2/c1-8-2-3-11-10(4-8)12(20-23-11)13(22)19-9-5-18-21(6-9)7-14(15,16)17/h5-6,8H,2-4,7H2,1H3,(H,19,22). The van der Waals surface area contributed by atoms with E-state index in [1.807, 2.05) is 0 Å². The van der Waals surface area contributed by atoms with Crippen molar-refractivity contribution in [2.75, 3.05) is 5.32 Å². The van der Waals surface area contributed by atoms with Crippen molar-refractivity contribution in [2.24, 2.45) is 5.92 Å². The van der Waals surface area contributed by atoms with E-state index in [9.17, 15) is 18.0 Å². The number of halogens is 3. The smallest absolute Gasteiger partial charge is 0.360 e. The van der Waals surface area contributed by atoms with Crippen LogP contribution in [0.5, 0.6) is 0 Å². The number of alkyl halides is 3. The third-order valence-corrected chi connectivity index (χ3v) is 3.73. The number of amides is 1. The van der Waals surface area contributed by atoms with Crippen molar-refractivity contribution in [1.82, 2.24) is 14.9 Å². The maximum atomic E-state index is 12.3. The molecule has 2 aromatic heterocycles. The highest BCUT2D eigenvalue weighted by molar-refractivity contribution is 6.03. The summed E-state index contributed by atoms with van der Waals surface area (Å²) in [7, 11) is 0. The van der Waals surface area contributed by atoms with Gasteiger partial charge in [0, 0.05) is 18.2 Å². The molecule has 1 unspecified atom stereocenters. The summed E-state index contributed by atoms with van der Waals surface area (Å²) < 4.78 is 42.8. The number of carbonyl (C=O) groups excluding carboxylic acids is 1. The molecular weight excluding hydrogens is 313 g/mol. The Kier molecular flexibility index (Phi) is 3.87. The van der Waals surface area contributed by atoms with Crippen LogP contribution in [0.2, 0.25) is 0 Å². The van der Waals surface area contributed by atoms with Crippen LogP contribution in [0, 0.1) is 5.92 Å². The Morgan fingerprint density at radius 3 is 3.04 bits per heavy atom. The molecule has 3 rings (SSSR count). The molecule has 0 saturated heterocycles. The second-order valence-corrected chi connectivity index (χ2v) is 5.78. The largest absolute Gasteiger partial charge is 0.408 e. The number of hydrogen-bond acceptors (Lipinski definition) is 4. The molecule has 1 atom stereocenters. The normalized spacial score (nSPS) is 17.8. The number of aryl methyl sites for hydroxylation is 1. The predicted molar refractivity (Wildman–Crippen MR) is 73.9 cm³/mol. The van der Waals surface area contributed by atoms with E-state index in [1.165, 1.54) is 6.20 Å². The lowest BCUT2D eigenvalue weighted by Gasteiger charge is -2.16. The minimum absolute atomic E-state index is 0.180. The molecule has 0 radical (unpaired) electrons. The number of carbonyl (C=O) groups is 1. The summed E-state index contributed by atoms with van der Waals surface area (Å²) in [6, 6.07) is 0. The maximum absolute atomic E-state index is 12.3. The van der Waals surface area contributed by atoms with Gasteiger partial charge in [-0.3, -0.25) is 9.48 Å². The molecule has 1 aliphatic rings. The second-order valence-electron chi connectivity index (χ2n) is 5.78. The SMILES string of the molecule is CC1CCc2onc(C(=O)Nc3cnn(CC(F)(F)F)c3)c2C1. The first-order valence-corrected chi connectivity index (χ1v) is 7.20. The van der Waals surface area contributed by atoms with Crippen molar-refractivity contribution in [3.63, 3.8) is 0 Å². The van der Waals surface area contributed by atoms with Gasteiger partial charge in [-0.05, 0) is 18.8 Å². The lowest BCUT2D eigenvalue weighted by atomic mass is 9.88. The summed E-state index contributed by atoms with van der Waals surface area (Å²) in [6.07, 6.45) is 0.344. The van der Waals surface area contributed by atoms with E-state index in [1.54, 1.807) is 0 Å². The molecule has 1 N–H and O–H groups in total. The summed E-state index contributed by atoms with van der Waals surface area (Å²) in [4.78, 5) is 12.3. The van der Waals surface area contributed by atoms with Gasteiger partial charge in [-0.15, -0.1) is 0 Å². The second kappa shape index (κ2) is 5.71. The molecule has 0 bridgehead atoms. The van der Waals surface area contributed by atoms with Gasteiger partial charge in [-0.2, -0.15) is 18.3 Å². The Labute approximate surface area is 129 Å². The van der Waals surface area contributed by atoms with Gasteiger partial charge in [-0.25, -0.2) is 0 Å². The van der Waals surface area contributed by atoms with Crippen LogP contribution in [-0.2, 0) is 19.4 Å². The Morgan fingerprint density at radius 1 is 1.52 bits per heavy atom. The van der Waals surface area contributed by atoms with E-state index in [0.717, 1.165) is 29.3 Å². The van der Waals surface area contributed by atoms with Crippen LogP contribution < -0.4 is 5.32 Å². The monoisotopic (exact) mass is 328 g/mol. The zero-order chi connectivity index (χ0) is 16.6. The molecule has 1 amide bonds. The van der Waals surface area contributed by atoms with E-state index in [2.05, 4.69) is 22.5 Å². The third-order valence-electron chi connectivity index (χ3n) is 3.73. The van der Waals surface area contributed by atoms with Crippen molar-refractivity contribution in [3.8, 4) is 0 Å². The van der Waals surface area contributed by atoms with Gasteiger partial charge < -0.3 is 9.84 Å². The molecule has 0 spiro atoms. The number of fused-ring (bicyclic) bond motifs is 1. The van der Waals surface area contributed by atoms with E-state index in [4.69, 9.17) is 4.52 Å². The molecule has 0 fully saturated rings. The van der Waals surface area contributed by atoms with Crippen molar-refractivity contribution >= 4 is 11.6 Å². The van der Waals surface area contributed by atoms with Gasteiger partial charge in [0.05, 0.1) is 11.9 Å². The number of rotatable bonds is 3. The zero-order valence-electron chi connectivity index (χ0n) is 12.4. The van der Waals surface area contributed by atoms with Gasteiger partial charge in [-0.1, -0.05) is 12.1 Å². The van der Waals surface area contributed by atoms with E-state index in [-0.39, 0.29) is 11.4 Å². The van der Waals surface area contributed by atoms with Crippen LogP contribution in [0.1, 0.15) is 35.2 Å². The Hall–Kier alpha value is -2.32. The van der Waals surface area contributed by atoms with E-state index >= 15 is 0 Å². The van der Waals surface area contributed by atoms with Gasteiger partial charge in [0.1, 0.15) is 12.3 Å². The Balaban J connectivity index is 1.72. The molecule has 23 heavy (non-hydrogen) atoms. The van der Waals surface area contributed by atoms with Crippen molar-refractivity contribution in [3.05, 3.63) is 29.4 Å². The Bertz CT molecular complexity index is 720. The van der Waals surface area contributed by atoms with Crippen molar-refractivity contribution < 1.29 is 22.5 Å². The lowest BCUT2D eigenvalue weighted by Crippen LogP contribution is -2.18. The maximum Gasteiger partial charge on any atom is 0.408 e. The van der Waals surface area contributed by atoms with E-state index in [0.29, 0.717) is 18.1 Å². The first kappa shape index (κ1) is 15.6. The number of hydrogen-bond donors (Lipinski definition) is 1. The number of nitrogens with one attached hydrogen (secondary N) is 1. The van der Waals surface area contributed by atoms with Crippen LogP contribution >= 0.6 is 0 Å². The molecule has 0 saturated carbocycles. The van der Waals surface area contributed by atoms with Crippen LogP contribution in [0.3, 0.4) is 0 Å². The highest BCUT2D eigenvalue weighted by Crippen LogP contribution is 2.28. The minimum Gasteiger partial charge on any atom is -0.360 e.